The van der Waals surface area contributed by atoms with Crippen LogP contribution in [0, 0.1) is 0 Å². The van der Waals surface area contributed by atoms with Gasteiger partial charge in [0.25, 0.3) is 5.91 Å². The van der Waals surface area contributed by atoms with Gasteiger partial charge < -0.3 is 10.1 Å². The summed E-state index contributed by atoms with van der Waals surface area (Å²) in [6.45, 7) is 0.111. The molecule has 0 atom stereocenters. The Balaban J connectivity index is 1.65. The Morgan fingerprint density at radius 3 is 2.24 bits per heavy atom. The molecule has 3 rings (SSSR count). The highest BCUT2D eigenvalue weighted by atomic mass is 16.5. The van der Waals surface area contributed by atoms with Gasteiger partial charge in [-0.25, -0.2) is 5.43 Å². The molecule has 0 spiro atoms. The second-order valence-corrected chi connectivity index (χ2v) is 6.22. The van der Waals surface area contributed by atoms with Crippen molar-refractivity contribution in [1.29, 1.82) is 0 Å². The molecule has 0 radical (unpaired) electrons. The van der Waals surface area contributed by atoms with Gasteiger partial charge in [-0.1, -0.05) is 66.7 Å². The van der Waals surface area contributed by atoms with E-state index in [1.807, 2.05) is 97.1 Å². The number of methoxy groups -OCH3 is 1. The minimum Gasteiger partial charge on any atom is -0.497 e. The Morgan fingerprint density at radius 2 is 1.59 bits per heavy atom. The number of ether oxygens (including phenoxy) is 1. The van der Waals surface area contributed by atoms with Crippen molar-refractivity contribution in [2.45, 2.75) is 0 Å². The molecule has 2 N–H and O–H groups in total. The summed E-state index contributed by atoms with van der Waals surface area (Å²) >= 11 is 0. The molecule has 5 heteroatoms. The zero-order chi connectivity index (χ0) is 20.3. The van der Waals surface area contributed by atoms with E-state index in [4.69, 9.17) is 4.74 Å². The average Bonchev–Trinajstić information content (AvgIpc) is 2.79. The standard InChI is InChI=1S/C24H23N3O2/c1-29-22-15-13-21(14-16-22)25-18-24(28)27-26-23(20-10-6-3-7-11-20)17-12-19-8-4-2-5-9-19/h2-17,25H,18H2,1H3,(H,27,28)/b17-12+,26-23?. The van der Waals surface area contributed by atoms with Crippen LogP contribution >= 0.6 is 0 Å². The summed E-state index contributed by atoms with van der Waals surface area (Å²) in [6.07, 6.45) is 3.86. The summed E-state index contributed by atoms with van der Waals surface area (Å²) in [6, 6.07) is 27.1. The van der Waals surface area contributed by atoms with Gasteiger partial charge in [-0.15, -0.1) is 0 Å². The molecule has 0 saturated heterocycles. The van der Waals surface area contributed by atoms with Gasteiger partial charge >= 0.3 is 0 Å². The van der Waals surface area contributed by atoms with E-state index in [2.05, 4.69) is 15.8 Å². The second-order valence-electron chi connectivity index (χ2n) is 6.22. The predicted octanol–water partition coefficient (Wildman–Crippen LogP) is 4.34. The maximum absolute atomic E-state index is 12.2. The molecule has 0 saturated carbocycles. The number of rotatable bonds is 8. The van der Waals surface area contributed by atoms with Crippen molar-refractivity contribution >= 4 is 23.4 Å². The maximum atomic E-state index is 12.2. The molecule has 146 valence electrons. The second kappa shape index (κ2) is 10.5. The summed E-state index contributed by atoms with van der Waals surface area (Å²) in [5.74, 6) is 0.532. The van der Waals surface area contributed by atoms with Crippen LogP contribution in [0.4, 0.5) is 5.69 Å². The number of carbonyl (C=O) groups excluding carboxylic acids is 1. The molecule has 0 aliphatic carbocycles. The van der Waals surface area contributed by atoms with Crippen molar-refractivity contribution in [3.8, 4) is 5.75 Å². The van der Waals surface area contributed by atoms with Crippen molar-refractivity contribution in [1.82, 2.24) is 5.43 Å². The molecule has 0 fully saturated rings. The van der Waals surface area contributed by atoms with E-state index >= 15 is 0 Å². The minimum absolute atomic E-state index is 0.111. The molecule has 0 bridgehead atoms. The van der Waals surface area contributed by atoms with E-state index in [-0.39, 0.29) is 12.5 Å². The highest BCUT2D eigenvalue weighted by Gasteiger charge is 2.03. The normalized spacial score (nSPS) is 11.3. The summed E-state index contributed by atoms with van der Waals surface area (Å²) in [7, 11) is 1.62. The average molecular weight is 385 g/mol. The zero-order valence-electron chi connectivity index (χ0n) is 16.2. The molecule has 5 nitrogen and oxygen atoms in total. The van der Waals surface area contributed by atoms with Crippen LogP contribution in [0.15, 0.2) is 96.1 Å². The van der Waals surface area contributed by atoms with Gasteiger partial charge in [-0.2, -0.15) is 5.10 Å². The molecular weight excluding hydrogens is 362 g/mol. The summed E-state index contributed by atoms with van der Waals surface area (Å²) in [4.78, 5) is 12.2. The Bertz CT molecular complexity index is 966. The fourth-order valence-corrected chi connectivity index (χ4v) is 2.60. The lowest BCUT2D eigenvalue weighted by Gasteiger charge is -2.07. The number of nitrogens with one attached hydrogen (secondary N) is 2. The number of nitrogens with zero attached hydrogens (tertiary/aromatic N) is 1. The van der Waals surface area contributed by atoms with Gasteiger partial charge in [0.15, 0.2) is 0 Å². The van der Waals surface area contributed by atoms with Crippen LogP contribution in [0.1, 0.15) is 11.1 Å². The van der Waals surface area contributed by atoms with E-state index in [0.717, 1.165) is 22.6 Å². The van der Waals surface area contributed by atoms with Crippen LogP contribution in [-0.4, -0.2) is 25.3 Å². The summed E-state index contributed by atoms with van der Waals surface area (Å²) < 4.78 is 5.13. The van der Waals surface area contributed by atoms with Crippen LogP contribution < -0.4 is 15.5 Å². The first-order valence-corrected chi connectivity index (χ1v) is 9.27. The smallest absolute Gasteiger partial charge is 0.259 e. The van der Waals surface area contributed by atoms with Crippen LogP contribution in [0.3, 0.4) is 0 Å². The third-order valence-corrected chi connectivity index (χ3v) is 4.15. The molecule has 3 aromatic rings. The van der Waals surface area contributed by atoms with Crippen molar-refractivity contribution in [3.63, 3.8) is 0 Å². The Hall–Kier alpha value is -3.86. The predicted molar refractivity (Wildman–Crippen MR) is 118 cm³/mol. The third-order valence-electron chi connectivity index (χ3n) is 4.15. The lowest BCUT2D eigenvalue weighted by Crippen LogP contribution is -2.26. The maximum Gasteiger partial charge on any atom is 0.259 e. The van der Waals surface area contributed by atoms with Gasteiger partial charge in [-0.05, 0) is 35.9 Å². The molecule has 0 heterocycles. The van der Waals surface area contributed by atoms with Crippen LogP contribution in [0.25, 0.3) is 6.08 Å². The van der Waals surface area contributed by atoms with E-state index < -0.39 is 0 Å². The van der Waals surface area contributed by atoms with Gasteiger partial charge in [0.1, 0.15) is 5.75 Å². The van der Waals surface area contributed by atoms with Gasteiger partial charge in [-0.3, -0.25) is 4.79 Å². The highest BCUT2D eigenvalue weighted by molar-refractivity contribution is 6.11. The van der Waals surface area contributed by atoms with Gasteiger partial charge in [0.2, 0.25) is 0 Å². The Labute approximate surface area is 170 Å². The molecule has 3 aromatic carbocycles. The quantitative estimate of drug-likeness (QED) is 0.448. The van der Waals surface area contributed by atoms with Crippen molar-refractivity contribution in [3.05, 3.63) is 102 Å². The molecular formula is C24H23N3O2. The van der Waals surface area contributed by atoms with Crippen LogP contribution in [0.5, 0.6) is 5.75 Å². The number of hydrogen-bond acceptors (Lipinski definition) is 4. The molecule has 0 aliphatic rings. The summed E-state index contributed by atoms with van der Waals surface area (Å²) in [5, 5.41) is 7.38. The minimum atomic E-state index is -0.234. The van der Waals surface area contributed by atoms with Crippen molar-refractivity contribution in [2.24, 2.45) is 5.10 Å². The first-order valence-electron chi connectivity index (χ1n) is 9.27. The van der Waals surface area contributed by atoms with E-state index in [1.54, 1.807) is 7.11 Å². The number of anilines is 1. The lowest BCUT2D eigenvalue weighted by molar-refractivity contribution is -0.119. The fourth-order valence-electron chi connectivity index (χ4n) is 2.60. The first-order chi connectivity index (χ1) is 14.2. The SMILES string of the molecule is COc1ccc(NCC(=O)NN=C(/C=C/c2ccccc2)c2ccccc2)cc1. The molecule has 0 aliphatic heterocycles. The number of benzene rings is 3. The number of allylic oxidation sites excluding steroid dienone is 1. The van der Waals surface area contributed by atoms with Gasteiger partial charge in [0, 0.05) is 11.3 Å². The number of amides is 1. The molecule has 0 unspecified atom stereocenters. The Morgan fingerprint density at radius 1 is 0.931 bits per heavy atom. The zero-order valence-corrected chi connectivity index (χ0v) is 16.2. The van der Waals surface area contributed by atoms with Crippen molar-refractivity contribution < 1.29 is 9.53 Å². The van der Waals surface area contributed by atoms with E-state index in [1.165, 1.54) is 0 Å². The Kier molecular flexibility index (Phi) is 7.18. The highest BCUT2D eigenvalue weighted by Crippen LogP contribution is 2.14. The number of carbonyl (C=O) groups is 1. The number of hydrazone groups is 1. The molecule has 1 amide bonds. The lowest BCUT2D eigenvalue weighted by atomic mass is 10.1. The topological polar surface area (TPSA) is 62.7 Å². The third kappa shape index (κ3) is 6.36. The van der Waals surface area contributed by atoms with E-state index in [0.29, 0.717) is 5.71 Å². The van der Waals surface area contributed by atoms with Gasteiger partial charge in [0.05, 0.1) is 19.4 Å². The first kappa shape index (κ1) is 19.9. The molecule has 0 aromatic heterocycles. The van der Waals surface area contributed by atoms with Crippen LogP contribution in [-0.2, 0) is 4.79 Å². The monoisotopic (exact) mass is 385 g/mol. The summed E-state index contributed by atoms with van der Waals surface area (Å²) in [5.41, 5.74) is 6.10. The largest absolute Gasteiger partial charge is 0.497 e. The number of hydrogen-bond donors (Lipinski definition) is 2. The van der Waals surface area contributed by atoms with E-state index in [9.17, 15) is 4.79 Å². The fraction of sp³-hybridized carbons (Fsp3) is 0.0833. The van der Waals surface area contributed by atoms with Crippen LogP contribution in [0.2, 0.25) is 0 Å². The molecule has 29 heavy (non-hydrogen) atoms. The van der Waals surface area contributed by atoms with Crippen molar-refractivity contribution in [2.75, 3.05) is 19.0 Å².